The zero-order chi connectivity index (χ0) is 11.1. The van der Waals surface area contributed by atoms with Gasteiger partial charge in [0.2, 0.25) is 0 Å². The van der Waals surface area contributed by atoms with E-state index in [1.165, 1.54) is 5.56 Å². The Labute approximate surface area is 96.6 Å². The van der Waals surface area contributed by atoms with Gasteiger partial charge >= 0.3 is 0 Å². The van der Waals surface area contributed by atoms with Gasteiger partial charge in [0.15, 0.2) is 0 Å². The van der Waals surface area contributed by atoms with E-state index >= 15 is 0 Å². The molecule has 0 aromatic heterocycles. The maximum Gasteiger partial charge on any atom is 0.0408 e. The first kappa shape index (κ1) is 11.0. The largest absolute Gasteiger partial charge is 0.325 e. The molecular formula is C13H18ClN. The molecule has 1 aliphatic carbocycles. The van der Waals surface area contributed by atoms with Crippen molar-refractivity contribution in [3.05, 3.63) is 34.9 Å². The minimum atomic E-state index is 0.0266. The topological polar surface area (TPSA) is 26.0 Å². The molecule has 1 fully saturated rings. The molecule has 0 bridgehead atoms. The molecule has 15 heavy (non-hydrogen) atoms. The average Bonchev–Trinajstić information content (AvgIpc) is 2.76. The van der Waals surface area contributed by atoms with Gasteiger partial charge in [-0.15, -0.1) is 0 Å². The first-order valence-electron chi connectivity index (χ1n) is 5.55. The molecule has 1 saturated carbocycles. The van der Waals surface area contributed by atoms with E-state index in [9.17, 15) is 0 Å². The summed E-state index contributed by atoms with van der Waals surface area (Å²) in [5.41, 5.74) is 7.65. The zero-order valence-corrected chi connectivity index (χ0v) is 10.1. The minimum Gasteiger partial charge on any atom is -0.325 e. The summed E-state index contributed by atoms with van der Waals surface area (Å²) in [6.45, 7) is 4.45. The molecule has 2 rings (SSSR count). The third-order valence-corrected chi connectivity index (χ3v) is 3.39. The predicted octanol–water partition coefficient (Wildman–Crippen LogP) is 3.57. The van der Waals surface area contributed by atoms with Crippen molar-refractivity contribution < 1.29 is 0 Å². The average molecular weight is 224 g/mol. The highest BCUT2D eigenvalue weighted by Crippen LogP contribution is 2.53. The van der Waals surface area contributed by atoms with Gasteiger partial charge in [0, 0.05) is 16.5 Å². The molecule has 2 heteroatoms. The molecule has 0 spiro atoms. The van der Waals surface area contributed by atoms with Crippen LogP contribution >= 0.6 is 11.6 Å². The van der Waals surface area contributed by atoms with E-state index in [-0.39, 0.29) is 5.54 Å². The molecule has 0 heterocycles. The molecule has 1 aromatic carbocycles. The number of hydrogen-bond acceptors (Lipinski definition) is 1. The van der Waals surface area contributed by atoms with Crippen LogP contribution in [0.1, 0.15) is 38.2 Å². The predicted molar refractivity (Wildman–Crippen MR) is 65.2 cm³/mol. The maximum atomic E-state index is 6.33. The Hall–Kier alpha value is -0.530. The van der Waals surface area contributed by atoms with Crippen LogP contribution in [0.15, 0.2) is 24.3 Å². The van der Waals surface area contributed by atoms with Crippen LogP contribution in [-0.2, 0) is 0 Å². The van der Waals surface area contributed by atoms with Crippen LogP contribution in [-0.4, -0.2) is 5.54 Å². The fraction of sp³-hybridized carbons (Fsp3) is 0.538. The molecule has 0 amide bonds. The summed E-state index contributed by atoms with van der Waals surface area (Å²) in [6, 6.07) is 8.09. The van der Waals surface area contributed by atoms with Crippen LogP contribution in [0.4, 0.5) is 0 Å². The lowest BCUT2D eigenvalue weighted by Gasteiger charge is -2.14. The summed E-state index contributed by atoms with van der Waals surface area (Å²) >= 11 is 5.97. The van der Waals surface area contributed by atoms with E-state index in [1.54, 1.807) is 0 Å². The minimum absolute atomic E-state index is 0.0266. The van der Waals surface area contributed by atoms with Gasteiger partial charge in [-0.25, -0.2) is 0 Å². The lowest BCUT2D eigenvalue weighted by Crippen LogP contribution is -2.26. The highest BCUT2D eigenvalue weighted by molar-refractivity contribution is 6.30. The third-order valence-electron chi connectivity index (χ3n) is 3.16. The van der Waals surface area contributed by atoms with Crippen molar-refractivity contribution in [1.29, 1.82) is 0 Å². The number of hydrogen-bond donors (Lipinski definition) is 1. The SMILES string of the molecule is CC(C)CC1(N)CC1c1cccc(Cl)c1. The van der Waals surface area contributed by atoms with Gasteiger partial charge in [0.1, 0.15) is 0 Å². The van der Waals surface area contributed by atoms with Gasteiger partial charge in [-0.05, 0) is 36.5 Å². The molecule has 2 unspecified atom stereocenters. The van der Waals surface area contributed by atoms with E-state index in [0.717, 1.165) is 17.9 Å². The summed E-state index contributed by atoms with van der Waals surface area (Å²) in [4.78, 5) is 0. The molecule has 1 nitrogen and oxygen atoms in total. The zero-order valence-electron chi connectivity index (χ0n) is 9.33. The molecular weight excluding hydrogens is 206 g/mol. The first-order valence-corrected chi connectivity index (χ1v) is 5.93. The van der Waals surface area contributed by atoms with E-state index in [1.807, 2.05) is 18.2 Å². The first-order chi connectivity index (χ1) is 7.01. The Morgan fingerprint density at radius 1 is 1.53 bits per heavy atom. The summed E-state index contributed by atoms with van der Waals surface area (Å²) < 4.78 is 0. The van der Waals surface area contributed by atoms with Crippen molar-refractivity contribution in [3.63, 3.8) is 0 Å². The van der Waals surface area contributed by atoms with Gasteiger partial charge in [0.25, 0.3) is 0 Å². The summed E-state index contributed by atoms with van der Waals surface area (Å²) in [7, 11) is 0. The van der Waals surface area contributed by atoms with Crippen LogP contribution in [0.5, 0.6) is 0 Å². The highest BCUT2D eigenvalue weighted by Gasteiger charge is 2.51. The van der Waals surface area contributed by atoms with Crippen LogP contribution in [0.2, 0.25) is 5.02 Å². The second-order valence-electron chi connectivity index (χ2n) is 5.14. The quantitative estimate of drug-likeness (QED) is 0.833. The van der Waals surface area contributed by atoms with E-state index in [2.05, 4.69) is 19.9 Å². The van der Waals surface area contributed by atoms with E-state index in [0.29, 0.717) is 11.8 Å². The number of rotatable bonds is 3. The molecule has 2 atom stereocenters. The number of benzene rings is 1. The molecule has 2 N–H and O–H groups in total. The molecule has 0 aliphatic heterocycles. The van der Waals surface area contributed by atoms with Crippen molar-refractivity contribution in [3.8, 4) is 0 Å². The standard InChI is InChI=1S/C13H18ClN/c1-9(2)7-13(15)8-12(13)10-4-3-5-11(14)6-10/h3-6,9,12H,7-8,15H2,1-2H3. The lowest BCUT2D eigenvalue weighted by molar-refractivity contribution is 0.474. The van der Waals surface area contributed by atoms with Crippen LogP contribution < -0.4 is 5.73 Å². The Bertz CT molecular complexity index is 361. The number of halogens is 1. The van der Waals surface area contributed by atoms with Gasteiger partial charge in [0.05, 0.1) is 0 Å². The van der Waals surface area contributed by atoms with Crippen molar-refractivity contribution in [2.24, 2.45) is 11.7 Å². The van der Waals surface area contributed by atoms with E-state index < -0.39 is 0 Å². The normalized spacial score (nSPS) is 29.5. The smallest absolute Gasteiger partial charge is 0.0408 e. The summed E-state index contributed by atoms with van der Waals surface area (Å²) in [6.07, 6.45) is 2.20. The van der Waals surface area contributed by atoms with E-state index in [4.69, 9.17) is 17.3 Å². The lowest BCUT2D eigenvalue weighted by atomic mass is 9.98. The van der Waals surface area contributed by atoms with Crippen molar-refractivity contribution in [1.82, 2.24) is 0 Å². The summed E-state index contributed by atoms with van der Waals surface area (Å²) in [5, 5.41) is 0.811. The fourth-order valence-electron chi connectivity index (χ4n) is 2.48. The third kappa shape index (κ3) is 2.35. The van der Waals surface area contributed by atoms with Crippen LogP contribution in [0.3, 0.4) is 0 Å². The molecule has 0 radical (unpaired) electrons. The second kappa shape index (κ2) is 3.80. The second-order valence-corrected chi connectivity index (χ2v) is 5.58. The van der Waals surface area contributed by atoms with Crippen LogP contribution in [0, 0.1) is 5.92 Å². The van der Waals surface area contributed by atoms with Crippen LogP contribution in [0.25, 0.3) is 0 Å². The van der Waals surface area contributed by atoms with Gasteiger partial charge in [-0.1, -0.05) is 37.6 Å². The Balaban J connectivity index is 2.10. The van der Waals surface area contributed by atoms with Gasteiger partial charge < -0.3 is 5.73 Å². The molecule has 0 saturated heterocycles. The Morgan fingerprint density at radius 2 is 2.27 bits per heavy atom. The summed E-state index contributed by atoms with van der Waals surface area (Å²) in [5.74, 6) is 1.18. The Morgan fingerprint density at radius 3 is 2.87 bits per heavy atom. The molecule has 1 aliphatic rings. The monoisotopic (exact) mass is 223 g/mol. The van der Waals surface area contributed by atoms with Crippen molar-refractivity contribution in [2.45, 2.75) is 38.1 Å². The Kier molecular flexibility index (Phi) is 2.78. The fourth-order valence-corrected chi connectivity index (χ4v) is 2.68. The highest BCUT2D eigenvalue weighted by atomic mass is 35.5. The van der Waals surface area contributed by atoms with Gasteiger partial charge in [-0.3, -0.25) is 0 Å². The maximum absolute atomic E-state index is 6.33. The van der Waals surface area contributed by atoms with Crippen molar-refractivity contribution >= 4 is 11.6 Å². The van der Waals surface area contributed by atoms with Crippen molar-refractivity contribution in [2.75, 3.05) is 0 Å². The number of nitrogens with two attached hydrogens (primary N) is 1. The molecule has 1 aromatic rings. The van der Waals surface area contributed by atoms with Gasteiger partial charge in [-0.2, -0.15) is 0 Å². The molecule has 82 valence electrons.